The molecule has 0 unspecified atom stereocenters. The molecular weight excluding hydrogens is 236 g/mol. The molecule has 0 aromatic heterocycles. The zero-order valence-electron chi connectivity index (χ0n) is 13.0. The van der Waals surface area contributed by atoms with E-state index in [1.165, 1.54) is 0 Å². The summed E-state index contributed by atoms with van der Waals surface area (Å²) in [6.07, 6.45) is 2.55. The van der Waals surface area contributed by atoms with Crippen LogP contribution in [0, 0.1) is 5.92 Å². The summed E-state index contributed by atoms with van der Waals surface area (Å²) in [5, 5.41) is 1.83. The summed E-state index contributed by atoms with van der Waals surface area (Å²) >= 11 is 0. The molecule has 17 heavy (non-hydrogen) atoms. The highest BCUT2D eigenvalue weighted by Gasteiger charge is 2.46. The van der Waals surface area contributed by atoms with Crippen molar-refractivity contribution in [3.8, 4) is 0 Å². The van der Waals surface area contributed by atoms with Crippen LogP contribution in [0.15, 0.2) is 11.8 Å². The first-order valence-electron chi connectivity index (χ1n) is 7.18. The summed E-state index contributed by atoms with van der Waals surface area (Å²) in [6, 6.07) is 0. The molecule has 1 rings (SSSR count). The van der Waals surface area contributed by atoms with Crippen molar-refractivity contribution >= 4 is 20.7 Å². The average molecular weight is 267 g/mol. The molecule has 0 aromatic carbocycles. The zero-order chi connectivity index (χ0) is 13.4. The van der Waals surface area contributed by atoms with Gasteiger partial charge >= 0.3 is 0 Å². The number of hydrogen-bond acceptors (Lipinski definition) is 0. The summed E-state index contributed by atoms with van der Waals surface area (Å²) < 4.78 is 0. The van der Waals surface area contributed by atoms with Gasteiger partial charge in [0.15, 0.2) is 0 Å². The van der Waals surface area contributed by atoms with Crippen LogP contribution >= 0.6 is 0 Å². The minimum Gasteiger partial charge on any atom is -0.0933 e. The highest BCUT2D eigenvalue weighted by atomic mass is 29.2. The quantitative estimate of drug-likeness (QED) is 0.644. The Morgan fingerprint density at radius 3 is 1.65 bits per heavy atom. The molecule has 0 saturated carbocycles. The van der Waals surface area contributed by atoms with E-state index >= 15 is 0 Å². The molecule has 0 aliphatic carbocycles. The predicted octanol–water partition coefficient (Wildman–Crippen LogP) is 4.76. The van der Waals surface area contributed by atoms with Gasteiger partial charge in [0.2, 0.25) is 0 Å². The van der Waals surface area contributed by atoms with Crippen LogP contribution in [0.1, 0.15) is 55.4 Å². The molecule has 0 atom stereocenters. The molecular formula is C15H30Si2. The molecule has 0 aromatic rings. The maximum absolute atomic E-state index is 2.71. The van der Waals surface area contributed by atoms with E-state index in [4.69, 9.17) is 0 Å². The largest absolute Gasteiger partial charge is 0.0933 e. The molecule has 1 aliphatic heterocycles. The maximum atomic E-state index is 2.71. The molecule has 0 nitrogen and oxygen atoms in total. The Bertz CT molecular complexity index is 325. The summed E-state index contributed by atoms with van der Waals surface area (Å²) in [5.74, 6) is 0.759. The lowest BCUT2D eigenvalue weighted by Crippen LogP contribution is -2.52. The van der Waals surface area contributed by atoms with Gasteiger partial charge in [-0.15, -0.1) is 0 Å². The minimum absolute atomic E-state index is 0.319. The third kappa shape index (κ3) is 2.44. The molecule has 0 radical (unpaired) electrons. The van der Waals surface area contributed by atoms with E-state index in [0.29, 0.717) is 0 Å². The highest BCUT2D eigenvalue weighted by Crippen LogP contribution is 2.40. The van der Waals surface area contributed by atoms with Crippen molar-refractivity contribution in [2.24, 2.45) is 5.92 Å². The smallest absolute Gasteiger partial charge is 0.0927 e. The first-order valence-corrected chi connectivity index (χ1v) is 12.0. The molecule has 0 amide bonds. The lowest BCUT2D eigenvalue weighted by atomic mass is 10.1. The first-order chi connectivity index (χ1) is 7.75. The van der Waals surface area contributed by atoms with Crippen LogP contribution in [0.4, 0.5) is 0 Å². The number of allylic oxidation sites excluding steroid dienone is 1. The fraction of sp³-hybridized carbons (Fsp3) is 0.800. The predicted molar refractivity (Wildman–Crippen MR) is 85.8 cm³/mol. The van der Waals surface area contributed by atoms with Crippen LogP contribution in [0.2, 0.25) is 16.6 Å². The van der Waals surface area contributed by atoms with Crippen LogP contribution in [-0.2, 0) is 0 Å². The summed E-state index contributed by atoms with van der Waals surface area (Å²) in [5.41, 5.74) is 5.40. The Balaban J connectivity index is 3.40. The van der Waals surface area contributed by atoms with Crippen LogP contribution in [0.3, 0.4) is 0 Å². The second-order valence-corrected chi connectivity index (χ2v) is 18.0. The van der Waals surface area contributed by atoms with Crippen molar-refractivity contribution in [3.63, 3.8) is 0 Å². The molecule has 1 aliphatic rings. The van der Waals surface area contributed by atoms with Gasteiger partial charge in [0.25, 0.3) is 0 Å². The van der Waals surface area contributed by atoms with Crippen LogP contribution in [0.25, 0.3) is 0 Å². The second kappa shape index (κ2) is 5.35. The number of rotatable bonds is 4. The van der Waals surface area contributed by atoms with E-state index in [1.807, 2.05) is 5.17 Å². The fourth-order valence-corrected chi connectivity index (χ4v) is 21.0. The third-order valence-corrected chi connectivity index (χ3v) is 21.8. The van der Waals surface area contributed by atoms with Crippen molar-refractivity contribution in [2.75, 3.05) is 0 Å². The standard InChI is InChI=1S/C15H30Si2/c1-11(2)15-9-10-17(13(5)6,14(7)8)16(15)12(3)4/h9-14H,1-8H3. The monoisotopic (exact) mass is 266 g/mol. The van der Waals surface area contributed by atoms with Crippen molar-refractivity contribution in [3.05, 3.63) is 11.8 Å². The van der Waals surface area contributed by atoms with Gasteiger partial charge < -0.3 is 0 Å². The zero-order valence-corrected chi connectivity index (χ0v) is 15.0. The molecule has 2 heteroatoms. The lowest BCUT2D eigenvalue weighted by Gasteiger charge is -2.39. The van der Waals surface area contributed by atoms with Crippen LogP contribution in [-0.4, -0.2) is 20.7 Å². The summed E-state index contributed by atoms with van der Waals surface area (Å²) in [6.45, 7) is 19.6. The lowest BCUT2D eigenvalue weighted by molar-refractivity contribution is 0.900. The average Bonchev–Trinajstić information content (AvgIpc) is 2.57. The van der Waals surface area contributed by atoms with Gasteiger partial charge in [-0.25, -0.2) is 0 Å². The van der Waals surface area contributed by atoms with E-state index < -0.39 is 7.59 Å². The molecule has 1 heterocycles. The Morgan fingerprint density at radius 2 is 1.35 bits per heavy atom. The fourth-order valence-electron chi connectivity index (χ4n) is 3.67. The van der Waals surface area contributed by atoms with Crippen LogP contribution in [0.5, 0.6) is 0 Å². The maximum Gasteiger partial charge on any atom is 0.0927 e. The normalized spacial score (nSPS) is 19.5. The Kier molecular flexibility index (Phi) is 4.76. The highest BCUT2D eigenvalue weighted by molar-refractivity contribution is 7.40. The van der Waals surface area contributed by atoms with Crippen molar-refractivity contribution in [2.45, 2.75) is 72.0 Å². The summed E-state index contributed by atoms with van der Waals surface area (Å²) in [4.78, 5) is 0. The van der Waals surface area contributed by atoms with Crippen molar-refractivity contribution in [1.29, 1.82) is 0 Å². The molecule has 0 spiro atoms. The van der Waals surface area contributed by atoms with E-state index in [2.05, 4.69) is 67.2 Å². The van der Waals surface area contributed by atoms with Gasteiger partial charge in [-0.05, 0) is 22.5 Å². The van der Waals surface area contributed by atoms with Gasteiger partial charge in [-0.1, -0.05) is 72.3 Å². The third-order valence-electron chi connectivity index (χ3n) is 4.43. The van der Waals surface area contributed by atoms with Gasteiger partial charge in [0, 0.05) is 7.93 Å². The molecule has 0 fully saturated rings. The molecule has 0 saturated heterocycles. The van der Waals surface area contributed by atoms with E-state index in [9.17, 15) is 0 Å². The van der Waals surface area contributed by atoms with E-state index in [0.717, 1.165) is 22.5 Å². The van der Waals surface area contributed by atoms with Crippen molar-refractivity contribution in [1.82, 2.24) is 0 Å². The van der Waals surface area contributed by atoms with Gasteiger partial charge in [0.05, 0.1) is 7.59 Å². The Morgan fingerprint density at radius 1 is 0.882 bits per heavy atom. The van der Waals surface area contributed by atoms with Gasteiger partial charge in [-0.3, -0.25) is 0 Å². The van der Waals surface area contributed by atoms with Gasteiger partial charge in [0.1, 0.15) is 0 Å². The van der Waals surface area contributed by atoms with E-state index in [1.54, 1.807) is 0 Å². The van der Waals surface area contributed by atoms with E-state index in [-0.39, 0.29) is 7.93 Å². The Hall–Kier alpha value is 0.0438. The number of hydrogen-bond donors (Lipinski definition) is 0. The second-order valence-electron chi connectivity index (χ2n) is 6.75. The molecule has 98 valence electrons. The Labute approximate surface area is 111 Å². The van der Waals surface area contributed by atoms with Crippen LogP contribution < -0.4 is 0 Å². The summed E-state index contributed by atoms with van der Waals surface area (Å²) in [7, 11) is -1.54. The van der Waals surface area contributed by atoms with Crippen molar-refractivity contribution < 1.29 is 0 Å². The topological polar surface area (TPSA) is 0 Å². The minimum atomic E-state index is -1.22. The molecule has 0 N–H and O–H groups in total. The SMILES string of the molecule is CC(C)C1=[Si](C(C)C)[Si](C(C)C)(C(C)C)C=C1. The molecule has 0 bridgehead atoms. The van der Waals surface area contributed by atoms with Gasteiger partial charge in [-0.2, -0.15) is 0 Å². The first kappa shape index (κ1) is 15.1.